The first-order valence-electron chi connectivity index (χ1n) is 6.65. The van der Waals surface area contributed by atoms with E-state index in [1.54, 1.807) is 7.11 Å². The van der Waals surface area contributed by atoms with E-state index < -0.39 is 0 Å². The van der Waals surface area contributed by atoms with Gasteiger partial charge in [-0.3, -0.25) is 16.0 Å². The molecule has 3 N–H and O–H groups in total. The van der Waals surface area contributed by atoms with Gasteiger partial charge in [0.1, 0.15) is 5.75 Å². The van der Waals surface area contributed by atoms with Crippen molar-refractivity contribution >= 4 is 0 Å². The number of hydrogen-bond donors (Lipinski definition) is 2. The van der Waals surface area contributed by atoms with Gasteiger partial charge in [0.05, 0.1) is 18.8 Å². The number of rotatable bonds is 5. The van der Waals surface area contributed by atoms with E-state index in [-0.39, 0.29) is 6.04 Å². The molecule has 5 nitrogen and oxygen atoms in total. The lowest BCUT2D eigenvalue weighted by Gasteiger charge is -2.19. The van der Waals surface area contributed by atoms with E-state index in [0.717, 1.165) is 29.1 Å². The van der Waals surface area contributed by atoms with Crippen LogP contribution >= 0.6 is 0 Å². The van der Waals surface area contributed by atoms with Crippen LogP contribution < -0.4 is 16.0 Å². The Morgan fingerprint density at radius 2 is 2.10 bits per heavy atom. The molecule has 1 unspecified atom stereocenters. The maximum absolute atomic E-state index is 5.75. The summed E-state index contributed by atoms with van der Waals surface area (Å²) in [5.74, 6) is 6.59. The summed E-state index contributed by atoms with van der Waals surface area (Å²) in [5, 5.41) is 4.37. The monoisotopic (exact) mass is 274 g/mol. The molecule has 1 atom stereocenters. The zero-order valence-electron chi connectivity index (χ0n) is 12.5. The van der Waals surface area contributed by atoms with Gasteiger partial charge >= 0.3 is 0 Å². The van der Waals surface area contributed by atoms with E-state index >= 15 is 0 Å². The first-order chi connectivity index (χ1) is 9.55. The minimum Gasteiger partial charge on any atom is -0.496 e. The molecule has 0 aliphatic carbocycles. The predicted molar refractivity (Wildman–Crippen MR) is 79.4 cm³/mol. The number of ether oxygens (including phenoxy) is 1. The molecular formula is C15H22N4O. The number of benzene rings is 1. The minimum absolute atomic E-state index is 0.0142. The van der Waals surface area contributed by atoms with E-state index in [1.807, 2.05) is 30.8 Å². The number of hydrogen-bond acceptors (Lipinski definition) is 4. The summed E-state index contributed by atoms with van der Waals surface area (Å²) in [6, 6.07) is 8.17. The van der Waals surface area contributed by atoms with E-state index in [9.17, 15) is 0 Å². The largest absolute Gasteiger partial charge is 0.496 e. The number of aromatic nitrogens is 2. The third-order valence-corrected chi connectivity index (χ3v) is 3.47. The predicted octanol–water partition coefficient (Wildman–Crippen LogP) is 1.79. The summed E-state index contributed by atoms with van der Waals surface area (Å²) in [7, 11) is 3.62. The Bertz CT molecular complexity index is 592. The van der Waals surface area contributed by atoms with Crippen molar-refractivity contribution in [3.05, 3.63) is 46.8 Å². The van der Waals surface area contributed by atoms with Crippen molar-refractivity contribution in [1.29, 1.82) is 0 Å². The molecule has 0 aliphatic heterocycles. The van der Waals surface area contributed by atoms with E-state index in [2.05, 4.69) is 29.6 Å². The highest BCUT2D eigenvalue weighted by Crippen LogP contribution is 2.28. The second-order valence-corrected chi connectivity index (χ2v) is 5.07. The van der Waals surface area contributed by atoms with Crippen LogP contribution in [-0.4, -0.2) is 16.9 Å². The highest BCUT2D eigenvalue weighted by Gasteiger charge is 2.17. The molecule has 0 saturated carbocycles. The standard InChI is InChI=1S/C15H22N4O/c1-10-5-6-15(20-4)13(7-10)14(17-16)9-12-8-11(2)18-19(12)3/h5-8,14,17H,9,16H2,1-4H3. The van der Waals surface area contributed by atoms with Gasteiger partial charge in [-0.15, -0.1) is 0 Å². The first kappa shape index (κ1) is 14.6. The fourth-order valence-corrected chi connectivity index (χ4v) is 2.45. The number of methoxy groups -OCH3 is 1. The van der Waals surface area contributed by atoms with Crippen LogP contribution in [0.15, 0.2) is 24.3 Å². The van der Waals surface area contributed by atoms with Crippen LogP contribution in [0.3, 0.4) is 0 Å². The fraction of sp³-hybridized carbons (Fsp3) is 0.400. The molecule has 0 radical (unpaired) electrons. The molecule has 0 amide bonds. The van der Waals surface area contributed by atoms with Crippen LogP contribution in [0.25, 0.3) is 0 Å². The average molecular weight is 274 g/mol. The first-order valence-corrected chi connectivity index (χ1v) is 6.65. The van der Waals surface area contributed by atoms with Gasteiger partial charge in [0.15, 0.2) is 0 Å². The second kappa shape index (κ2) is 6.07. The topological polar surface area (TPSA) is 65.1 Å². The molecule has 108 valence electrons. The van der Waals surface area contributed by atoms with Crippen LogP contribution in [0.1, 0.15) is 28.6 Å². The highest BCUT2D eigenvalue weighted by atomic mass is 16.5. The average Bonchev–Trinajstić information content (AvgIpc) is 2.74. The zero-order valence-corrected chi connectivity index (χ0v) is 12.5. The summed E-state index contributed by atoms with van der Waals surface area (Å²) >= 11 is 0. The van der Waals surface area contributed by atoms with Crippen LogP contribution in [-0.2, 0) is 13.5 Å². The quantitative estimate of drug-likeness (QED) is 0.644. The normalized spacial score (nSPS) is 12.4. The number of nitrogens with two attached hydrogens (primary N) is 1. The number of aryl methyl sites for hydroxylation is 3. The van der Waals surface area contributed by atoms with Gasteiger partial charge in [-0.1, -0.05) is 17.7 Å². The number of nitrogens with zero attached hydrogens (tertiary/aromatic N) is 2. The molecule has 0 spiro atoms. The van der Waals surface area contributed by atoms with Gasteiger partial charge < -0.3 is 4.74 Å². The van der Waals surface area contributed by atoms with E-state index in [0.29, 0.717) is 0 Å². The Hall–Kier alpha value is -1.85. The summed E-state index contributed by atoms with van der Waals surface area (Å²) in [6.45, 7) is 4.05. The molecule has 2 rings (SSSR count). The molecule has 5 heteroatoms. The zero-order chi connectivity index (χ0) is 14.7. The van der Waals surface area contributed by atoms with Gasteiger partial charge in [0.2, 0.25) is 0 Å². The SMILES string of the molecule is COc1ccc(C)cc1C(Cc1cc(C)nn1C)NN. The Kier molecular flexibility index (Phi) is 4.42. The van der Waals surface area contributed by atoms with E-state index in [4.69, 9.17) is 10.6 Å². The molecule has 1 heterocycles. The fourth-order valence-electron chi connectivity index (χ4n) is 2.45. The molecule has 0 aliphatic rings. The van der Waals surface area contributed by atoms with Crippen LogP contribution in [0, 0.1) is 13.8 Å². The van der Waals surface area contributed by atoms with Gasteiger partial charge in [-0.25, -0.2) is 0 Å². The molecule has 0 fully saturated rings. The Morgan fingerprint density at radius 3 is 2.65 bits per heavy atom. The van der Waals surface area contributed by atoms with Crippen molar-refractivity contribution in [2.24, 2.45) is 12.9 Å². The van der Waals surface area contributed by atoms with E-state index in [1.165, 1.54) is 5.56 Å². The molecule has 0 saturated heterocycles. The van der Waals surface area contributed by atoms with Crippen molar-refractivity contribution in [2.75, 3.05) is 7.11 Å². The lowest BCUT2D eigenvalue weighted by Crippen LogP contribution is -2.30. The van der Waals surface area contributed by atoms with Crippen LogP contribution in [0.4, 0.5) is 0 Å². The van der Waals surface area contributed by atoms with Gasteiger partial charge in [0, 0.05) is 24.7 Å². The van der Waals surface area contributed by atoms with Crippen molar-refractivity contribution in [1.82, 2.24) is 15.2 Å². The van der Waals surface area contributed by atoms with Gasteiger partial charge in [0.25, 0.3) is 0 Å². The smallest absolute Gasteiger partial charge is 0.123 e. The molecule has 2 aromatic rings. The Labute approximate surface area is 119 Å². The number of hydrazine groups is 1. The maximum Gasteiger partial charge on any atom is 0.123 e. The lowest BCUT2D eigenvalue weighted by atomic mass is 9.99. The minimum atomic E-state index is -0.0142. The summed E-state index contributed by atoms with van der Waals surface area (Å²) in [6.07, 6.45) is 0.758. The molecule has 1 aromatic heterocycles. The van der Waals surface area contributed by atoms with Crippen molar-refractivity contribution in [3.8, 4) is 5.75 Å². The molecule has 1 aromatic carbocycles. The summed E-state index contributed by atoms with van der Waals surface area (Å²) in [5.41, 5.74) is 7.27. The highest BCUT2D eigenvalue weighted by molar-refractivity contribution is 5.39. The van der Waals surface area contributed by atoms with Gasteiger partial charge in [-0.2, -0.15) is 5.10 Å². The summed E-state index contributed by atoms with van der Waals surface area (Å²) < 4.78 is 7.33. The molecular weight excluding hydrogens is 252 g/mol. The van der Waals surface area contributed by atoms with Crippen LogP contribution in [0.5, 0.6) is 5.75 Å². The third-order valence-electron chi connectivity index (χ3n) is 3.47. The Morgan fingerprint density at radius 1 is 1.35 bits per heavy atom. The Balaban J connectivity index is 2.33. The molecule has 20 heavy (non-hydrogen) atoms. The third kappa shape index (κ3) is 3.00. The molecule has 0 bridgehead atoms. The van der Waals surface area contributed by atoms with Crippen molar-refractivity contribution < 1.29 is 4.74 Å². The summed E-state index contributed by atoms with van der Waals surface area (Å²) in [4.78, 5) is 0. The van der Waals surface area contributed by atoms with Gasteiger partial charge in [-0.05, 0) is 26.0 Å². The van der Waals surface area contributed by atoms with Crippen molar-refractivity contribution in [3.63, 3.8) is 0 Å². The van der Waals surface area contributed by atoms with Crippen LogP contribution in [0.2, 0.25) is 0 Å². The van der Waals surface area contributed by atoms with Crippen molar-refractivity contribution in [2.45, 2.75) is 26.3 Å². The lowest BCUT2D eigenvalue weighted by molar-refractivity contribution is 0.398. The number of nitrogens with one attached hydrogen (secondary N) is 1. The second-order valence-electron chi connectivity index (χ2n) is 5.07. The maximum atomic E-state index is 5.75.